The summed E-state index contributed by atoms with van der Waals surface area (Å²) in [6, 6.07) is 17.6. The summed E-state index contributed by atoms with van der Waals surface area (Å²) in [5.41, 5.74) is 6.34. The maximum absolute atomic E-state index is 12.3. The molecule has 2 amide bonds. The van der Waals surface area contributed by atoms with E-state index in [1.807, 2.05) is 49.4 Å². The second kappa shape index (κ2) is 7.35. The van der Waals surface area contributed by atoms with Crippen LogP contribution in [0.1, 0.15) is 43.2 Å². The molecule has 2 saturated carbocycles. The Balaban J connectivity index is 1.31. The van der Waals surface area contributed by atoms with Crippen LogP contribution in [0.5, 0.6) is 0 Å². The second-order valence-corrected chi connectivity index (χ2v) is 7.37. The number of benzene rings is 2. The van der Waals surface area contributed by atoms with E-state index < -0.39 is 0 Å². The maximum Gasteiger partial charge on any atom is 0.243 e. The van der Waals surface area contributed by atoms with Crippen molar-refractivity contribution < 1.29 is 9.59 Å². The van der Waals surface area contributed by atoms with E-state index in [0.717, 1.165) is 36.2 Å². The van der Waals surface area contributed by atoms with Gasteiger partial charge in [0.1, 0.15) is 0 Å². The molecule has 0 aromatic heterocycles. The van der Waals surface area contributed by atoms with E-state index in [1.165, 1.54) is 5.56 Å². The molecule has 2 aromatic carbocycles. The number of rotatable bonds is 6. The lowest BCUT2D eigenvalue weighted by Crippen LogP contribution is -2.21. The van der Waals surface area contributed by atoms with Gasteiger partial charge in [-0.2, -0.15) is 5.10 Å². The van der Waals surface area contributed by atoms with Gasteiger partial charge in [-0.15, -0.1) is 0 Å². The smallest absolute Gasteiger partial charge is 0.243 e. The van der Waals surface area contributed by atoms with Gasteiger partial charge in [0.05, 0.1) is 5.71 Å². The van der Waals surface area contributed by atoms with Crippen molar-refractivity contribution in [1.29, 1.82) is 0 Å². The Morgan fingerprint density at radius 3 is 2.33 bits per heavy atom. The predicted octanol–water partition coefficient (Wildman–Crippen LogP) is 3.68. The monoisotopic (exact) mass is 361 g/mol. The normalized spacial score (nSPS) is 21.4. The maximum atomic E-state index is 12.3. The van der Waals surface area contributed by atoms with Gasteiger partial charge in [-0.3, -0.25) is 9.59 Å². The summed E-state index contributed by atoms with van der Waals surface area (Å²) in [5.74, 6) is 0.555. The minimum absolute atomic E-state index is 0.00367. The van der Waals surface area contributed by atoms with Gasteiger partial charge in [0.25, 0.3) is 0 Å². The molecular weight excluding hydrogens is 338 g/mol. The molecular formula is C22H23N3O2. The van der Waals surface area contributed by atoms with Crippen LogP contribution in [0.25, 0.3) is 0 Å². The number of anilines is 1. The molecule has 2 aliphatic rings. The molecule has 5 nitrogen and oxygen atoms in total. The van der Waals surface area contributed by atoms with Crippen LogP contribution in [0.2, 0.25) is 0 Å². The van der Waals surface area contributed by atoms with Crippen LogP contribution in [0.15, 0.2) is 59.7 Å². The van der Waals surface area contributed by atoms with Crippen molar-refractivity contribution in [3.05, 3.63) is 65.7 Å². The van der Waals surface area contributed by atoms with Crippen LogP contribution >= 0.6 is 0 Å². The molecule has 2 N–H and O–H groups in total. The highest BCUT2D eigenvalue weighted by Gasteiger charge is 2.43. The molecule has 0 spiro atoms. The Kier molecular flexibility index (Phi) is 4.75. The Morgan fingerprint density at radius 2 is 1.67 bits per heavy atom. The van der Waals surface area contributed by atoms with Crippen molar-refractivity contribution in [2.24, 2.45) is 16.9 Å². The summed E-state index contributed by atoms with van der Waals surface area (Å²) in [5, 5.41) is 7.16. The molecule has 138 valence electrons. The lowest BCUT2D eigenvalue weighted by Gasteiger charge is -2.06. The molecule has 2 fully saturated rings. The molecule has 2 aromatic rings. The largest absolute Gasteiger partial charge is 0.326 e. The van der Waals surface area contributed by atoms with Gasteiger partial charge < -0.3 is 5.32 Å². The third-order valence-electron chi connectivity index (χ3n) is 5.21. The molecule has 0 aliphatic heterocycles. The number of nitrogens with zero attached hydrogens (tertiary/aromatic N) is 1. The third kappa shape index (κ3) is 4.25. The number of carbonyl (C=O) groups is 2. The lowest BCUT2D eigenvalue weighted by molar-refractivity contribution is -0.122. The number of hydrogen-bond acceptors (Lipinski definition) is 3. The van der Waals surface area contributed by atoms with Crippen molar-refractivity contribution >= 4 is 23.2 Å². The Hall–Kier alpha value is -2.95. The van der Waals surface area contributed by atoms with Gasteiger partial charge in [-0.1, -0.05) is 42.5 Å². The average molecular weight is 361 g/mol. The van der Waals surface area contributed by atoms with Gasteiger partial charge in [0, 0.05) is 17.5 Å². The average Bonchev–Trinajstić information content (AvgIpc) is 3.59. The first-order valence-electron chi connectivity index (χ1n) is 9.42. The fourth-order valence-electron chi connectivity index (χ4n) is 3.22. The number of amides is 2. The van der Waals surface area contributed by atoms with Crippen LogP contribution in [-0.2, 0) is 9.59 Å². The van der Waals surface area contributed by atoms with Crippen molar-refractivity contribution in [3.63, 3.8) is 0 Å². The zero-order valence-electron chi connectivity index (χ0n) is 15.3. The summed E-state index contributed by atoms with van der Waals surface area (Å²) < 4.78 is 0. The molecule has 2 aliphatic carbocycles. The highest BCUT2D eigenvalue weighted by atomic mass is 16.2. The predicted molar refractivity (Wildman–Crippen MR) is 105 cm³/mol. The number of hydrogen-bond donors (Lipinski definition) is 2. The van der Waals surface area contributed by atoms with E-state index >= 15 is 0 Å². The van der Waals surface area contributed by atoms with E-state index in [9.17, 15) is 9.59 Å². The fourth-order valence-corrected chi connectivity index (χ4v) is 3.22. The quantitative estimate of drug-likeness (QED) is 0.609. The SMILES string of the molecule is C/C(=N\NC(=O)[C@@H]1C[C@H]1c1ccccc1)c1ccc(NC(=O)C2CC2)cc1. The number of nitrogens with one attached hydrogen (secondary N) is 2. The zero-order chi connectivity index (χ0) is 18.8. The van der Waals surface area contributed by atoms with Crippen LogP contribution in [-0.4, -0.2) is 17.5 Å². The minimum Gasteiger partial charge on any atom is -0.326 e. The second-order valence-electron chi connectivity index (χ2n) is 7.37. The lowest BCUT2D eigenvalue weighted by atomic mass is 10.1. The molecule has 27 heavy (non-hydrogen) atoms. The summed E-state index contributed by atoms with van der Waals surface area (Å²) in [4.78, 5) is 24.1. The Morgan fingerprint density at radius 1 is 0.963 bits per heavy atom. The van der Waals surface area contributed by atoms with Crippen LogP contribution in [0, 0.1) is 11.8 Å². The topological polar surface area (TPSA) is 70.6 Å². The van der Waals surface area contributed by atoms with Gasteiger partial charge in [0.15, 0.2) is 0 Å². The van der Waals surface area contributed by atoms with E-state index in [1.54, 1.807) is 0 Å². The Bertz CT molecular complexity index is 870. The molecule has 0 unspecified atom stereocenters. The number of carbonyl (C=O) groups excluding carboxylic acids is 2. The number of hydrazone groups is 1. The van der Waals surface area contributed by atoms with Crippen LogP contribution in [0.3, 0.4) is 0 Å². The van der Waals surface area contributed by atoms with Gasteiger partial charge in [-0.25, -0.2) is 5.43 Å². The van der Waals surface area contributed by atoms with Crippen LogP contribution in [0.4, 0.5) is 5.69 Å². The molecule has 4 rings (SSSR count). The van der Waals surface area contributed by atoms with E-state index in [4.69, 9.17) is 0 Å². The van der Waals surface area contributed by atoms with Crippen molar-refractivity contribution in [2.45, 2.75) is 32.1 Å². The van der Waals surface area contributed by atoms with E-state index in [-0.39, 0.29) is 23.7 Å². The van der Waals surface area contributed by atoms with Crippen LogP contribution < -0.4 is 10.7 Å². The van der Waals surface area contributed by atoms with E-state index in [2.05, 4.69) is 28.0 Å². The molecule has 0 bridgehead atoms. The first-order chi connectivity index (χ1) is 13.1. The summed E-state index contributed by atoms with van der Waals surface area (Å²) in [6.45, 7) is 1.86. The summed E-state index contributed by atoms with van der Waals surface area (Å²) >= 11 is 0. The van der Waals surface area contributed by atoms with Crippen molar-refractivity contribution in [3.8, 4) is 0 Å². The molecule has 0 saturated heterocycles. The third-order valence-corrected chi connectivity index (χ3v) is 5.21. The first-order valence-corrected chi connectivity index (χ1v) is 9.42. The minimum atomic E-state index is -0.0310. The van der Waals surface area contributed by atoms with E-state index in [0.29, 0.717) is 5.92 Å². The molecule has 2 atom stereocenters. The Labute approximate surface area is 158 Å². The fraction of sp³-hybridized carbons (Fsp3) is 0.318. The first kappa shape index (κ1) is 17.5. The highest BCUT2D eigenvalue weighted by molar-refractivity contribution is 6.00. The molecule has 0 radical (unpaired) electrons. The van der Waals surface area contributed by atoms with Gasteiger partial charge in [-0.05, 0) is 55.4 Å². The van der Waals surface area contributed by atoms with Gasteiger partial charge >= 0.3 is 0 Å². The summed E-state index contributed by atoms with van der Waals surface area (Å²) in [6.07, 6.45) is 2.85. The standard InChI is InChI=1S/C22H23N3O2/c1-14(15-9-11-18(12-10-15)23-21(26)17-7-8-17)24-25-22(27)20-13-19(20)16-5-3-2-4-6-16/h2-6,9-12,17,19-20H,7-8,13H2,1H3,(H,23,26)(H,25,27)/b24-14+/t19-,20+/m0/s1. The molecule has 5 heteroatoms. The van der Waals surface area contributed by atoms with Crippen molar-refractivity contribution in [2.75, 3.05) is 5.32 Å². The summed E-state index contributed by atoms with van der Waals surface area (Å²) in [7, 11) is 0. The molecule has 0 heterocycles. The zero-order valence-corrected chi connectivity index (χ0v) is 15.3. The van der Waals surface area contributed by atoms with Crippen molar-refractivity contribution in [1.82, 2.24) is 5.43 Å². The highest BCUT2D eigenvalue weighted by Crippen LogP contribution is 2.47. The van der Waals surface area contributed by atoms with Gasteiger partial charge in [0.2, 0.25) is 11.8 Å².